The number of halogens is 1. The van der Waals surface area contributed by atoms with Gasteiger partial charge in [-0.1, -0.05) is 18.2 Å². The summed E-state index contributed by atoms with van der Waals surface area (Å²) in [6.07, 6.45) is 2.58. The molecule has 0 aliphatic carbocycles. The van der Waals surface area contributed by atoms with Crippen LogP contribution in [0, 0.1) is 11.3 Å². The molecule has 3 rings (SSSR count). The number of aromatic nitrogens is 3. The summed E-state index contributed by atoms with van der Waals surface area (Å²) in [4.78, 5) is 26.1. The fourth-order valence-electron chi connectivity index (χ4n) is 2.66. The Morgan fingerprint density at radius 3 is 3.00 bits per heavy atom. The van der Waals surface area contributed by atoms with Crippen LogP contribution in [0.15, 0.2) is 37.2 Å². The van der Waals surface area contributed by atoms with E-state index in [9.17, 15) is 4.79 Å². The summed E-state index contributed by atoms with van der Waals surface area (Å²) < 4.78 is 5.52. The third-order valence-electron chi connectivity index (χ3n) is 3.83. The van der Waals surface area contributed by atoms with Crippen molar-refractivity contribution in [1.82, 2.24) is 19.9 Å². The third kappa shape index (κ3) is 3.65. The van der Waals surface area contributed by atoms with Gasteiger partial charge in [0.2, 0.25) is 5.91 Å². The van der Waals surface area contributed by atoms with Gasteiger partial charge in [-0.25, -0.2) is 15.0 Å². The Kier molecular flexibility index (Phi) is 5.03. The second-order valence-electron chi connectivity index (χ2n) is 5.34. The van der Waals surface area contributed by atoms with Crippen molar-refractivity contribution in [2.24, 2.45) is 0 Å². The summed E-state index contributed by atoms with van der Waals surface area (Å²) in [6, 6.07) is 6.69. The minimum Gasteiger partial charge on any atom is -0.377 e. The van der Waals surface area contributed by atoms with Crippen molar-refractivity contribution < 1.29 is 9.53 Å². The summed E-state index contributed by atoms with van der Waals surface area (Å²) in [7, 11) is 0. The fraction of sp³-hybridized carbons (Fsp3) is 0.235. The van der Waals surface area contributed by atoms with Gasteiger partial charge in [0.05, 0.1) is 30.6 Å². The molecule has 0 bridgehead atoms. The number of amides is 1. The first-order chi connectivity index (χ1) is 12.1. The molecule has 0 radical (unpaired) electrons. The molecular formula is C17H14ClN5O2. The van der Waals surface area contributed by atoms with Crippen LogP contribution < -0.4 is 0 Å². The highest BCUT2D eigenvalue weighted by molar-refractivity contribution is 6.29. The molecule has 7 nitrogen and oxygen atoms in total. The smallest absolute Gasteiger partial charge is 0.246 e. The number of rotatable bonds is 3. The van der Waals surface area contributed by atoms with Gasteiger partial charge < -0.3 is 9.64 Å². The quantitative estimate of drug-likeness (QED) is 0.618. The van der Waals surface area contributed by atoms with E-state index in [0.29, 0.717) is 31.1 Å². The summed E-state index contributed by atoms with van der Waals surface area (Å²) in [5, 5.41) is 9.25. The van der Waals surface area contributed by atoms with Crippen LogP contribution in [-0.4, -0.2) is 45.5 Å². The van der Waals surface area contributed by atoms with Gasteiger partial charge >= 0.3 is 0 Å². The topological polar surface area (TPSA) is 92.0 Å². The second kappa shape index (κ2) is 7.38. The number of pyridine rings is 1. The van der Waals surface area contributed by atoms with Gasteiger partial charge in [-0.15, -0.1) is 0 Å². The Labute approximate surface area is 149 Å². The van der Waals surface area contributed by atoms with E-state index in [-0.39, 0.29) is 22.8 Å². The second-order valence-corrected chi connectivity index (χ2v) is 5.72. The maximum absolute atomic E-state index is 12.1. The van der Waals surface area contributed by atoms with Gasteiger partial charge in [-0.2, -0.15) is 5.26 Å². The highest BCUT2D eigenvalue weighted by Gasteiger charge is 2.28. The molecule has 1 amide bonds. The molecule has 2 aromatic rings. The molecule has 1 aliphatic heterocycles. The van der Waals surface area contributed by atoms with Crippen molar-refractivity contribution >= 4 is 17.5 Å². The number of morpholine rings is 1. The molecule has 0 aromatic carbocycles. The Bertz CT molecular complexity index is 864. The van der Waals surface area contributed by atoms with Gasteiger partial charge in [0, 0.05) is 12.6 Å². The molecule has 1 saturated heterocycles. The van der Waals surface area contributed by atoms with Crippen molar-refractivity contribution in [3.8, 4) is 17.5 Å². The first-order valence-electron chi connectivity index (χ1n) is 7.53. The van der Waals surface area contributed by atoms with Crippen molar-refractivity contribution in [3.63, 3.8) is 0 Å². The first-order valence-corrected chi connectivity index (χ1v) is 7.91. The minimum absolute atomic E-state index is 0.170. The van der Waals surface area contributed by atoms with Gasteiger partial charge in [0.25, 0.3) is 0 Å². The summed E-state index contributed by atoms with van der Waals surface area (Å²) in [5.41, 5.74) is 1.99. The van der Waals surface area contributed by atoms with E-state index < -0.39 is 0 Å². The van der Waals surface area contributed by atoms with Crippen molar-refractivity contribution in [2.75, 3.05) is 19.8 Å². The van der Waals surface area contributed by atoms with Crippen molar-refractivity contribution in [3.05, 3.63) is 53.6 Å². The fourth-order valence-corrected chi connectivity index (χ4v) is 2.88. The molecule has 0 N–H and O–H groups in total. The molecule has 8 heteroatoms. The SMILES string of the molecule is C=CC(=O)N1CCOCC1c1cc(Cl)nc(-c2cc(C#N)ncn2)c1. The van der Waals surface area contributed by atoms with Crippen LogP contribution in [0.4, 0.5) is 0 Å². The standard InChI is InChI=1S/C17H14ClN5O2/c1-2-17(24)23-3-4-25-9-15(23)11-5-14(22-16(18)6-11)13-7-12(8-19)20-10-21-13/h2,5-7,10,15H,1,3-4,9H2. The van der Waals surface area contributed by atoms with E-state index in [0.717, 1.165) is 5.56 Å². The zero-order chi connectivity index (χ0) is 17.8. The van der Waals surface area contributed by atoms with Crippen LogP contribution in [0.1, 0.15) is 17.3 Å². The van der Waals surface area contributed by atoms with Gasteiger partial charge in [0.15, 0.2) is 0 Å². The first kappa shape index (κ1) is 17.0. The van der Waals surface area contributed by atoms with Crippen molar-refractivity contribution in [2.45, 2.75) is 6.04 Å². The van der Waals surface area contributed by atoms with E-state index in [4.69, 9.17) is 21.6 Å². The summed E-state index contributed by atoms with van der Waals surface area (Å²) in [6.45, 7) is 4.84. The third-order valence-corrected chi connectivity index (χ3v) is 4.03. The van der Waals surface area contributed by atoms with Crippen LogP contribution >= 0.6 is 11.6 Å². The van der Waals surface area contributed by atoms with E-state index >= 15 is 0 Å². The normalized spacial score (nSPS) is 17.0. The van der Waals surface area contributed by atoms with E-state index in [1.807, 2.05) is 6.07 Å². The molecule has 2 aromatic heterocycles. The van der Waals surface area contributed by atoms with Gasteiger partial charge in [0.1, 0.15) is 23.2 Å². The predicted molar refractivity (Wildman–Crippen MR) is 90.5 cm³/mol. The van der Waals surface area contributed by atoms with E-state index in [1.54, 1.807) is 17.0 Å². The lowest BCUT2D eigenvalue weighted by Gasteiger charge is -2.35. The van der Waals surface area contributed by atoms with Crippen LogP contribution in [-0.2, 0) is 9.53 Å². The Morgan fingerprint density at radius 2 is 2.24 bits per heavy atom. The number of hydrogen-bond acceptors (Lipinski definition) is 6. The van der Waals surface area contributed by atoms with E-state index in [1.165, 1.54) is 18.5 Å². The number of carbonyl (C=O) groups excluding carboxylic acids is 1. The maximum atomic E-state index is 12.1. The lowest BCUT2D eigenvalue weighted by Crippen LogP contribution is -2.42. The van der Waals surface area contributed by atoms with E-state index in [2.05, 4.69) is 21.5 Å². The average Bonchev–Trinajstić information content (AvgIpc) is 2.67. The largest absolute Gasteiger partial charge is 0.377 e. The number of nitriles is 1. The molecule has 126 valence electrons. The monoisotopic (exact) mass is 355 g/mol. The molecule has 3 heterocycles. The van der Waals surface area contributed by atoms with Crippen LogP contribution in [0.2, 0.25) is 5.15 Å². The number of carbonyl (C=O) groups is 1. The van der Waals surface area contributed by atoms with Crippen molar-refractivity contribution in [1.29, 1.82) is 5.26 Å². The lowest BCUT2D eigenvalue weighted by atomic mass is 10.0. The zero-order valence-electron chi connectivity index (χ0n) is 13.2. The molecule has 1 aliphatic rings. The Morgan fingerprint density at radius 1 is 1.40 bits per heavy atom. The van der Waals surface area contributed by atoms with Crippen LogP contribution in [0.5, 0.6) is 0 Å². The van der Waals surface area contributed by atoms with Gasteiger partial charge in [-0.3, -0.25) is 4.79 Å². The Hall–Kier alpha value is -2.82. The van der Waals surface area contributed by atoms with Crippen LogP contribution in [0.25, 0.3) is 11.4 Å². The highest BCUT2D eigenvalue weighted by atomic mass is 35.5. The lowest BCUT2D eigenvalue weighted by molar-refractivity contribution is -0.134. The molecule has 25 heavy (non-hydrogen) atoms. The molecule has 1 fully saturated rings. The molecule has 0 spiro atoms. The summed E-state index contributed by atoms with van der Waals surface area (Å²) >= 11 is 6.17. The number of nitrogens with zero attached hydrogens (tertiary/aromatic N) is 5. The summed E-state index contributed by atoms with van der Waals surface area (Å²) in [5.74, 6) is -0.170. The minimum atomic E-state index is -0.296. The number of hydrogen-bond donors (Lipinski definition) is 0. The zero-order valence-corrected chi connectivity index (χ0v) is 14.0. The molecule has 0 saturated carbocycles. The predicted octanol–water partition coefficient (Wildman–Crippen LogP) is 2.15. The van der Waals surface area contributed by atoms with Gasteiger partial charge in [-0.05, 0) is 23.8 Å². The molecule has 1 atom stereocenters. The van der Waals surface area contributed by atoms with Crippen LogP contribution in [0.3, 0.4) is 0 Å². The number of ether oxygens (including phenoxy) is 1. The highest BCUT2D eigenvalue weighted by Crippen LogP contribution is 2.29. The molecule has 1 unspecified atom stereocenters. The Balaban J connectivity index is 2.02. The molecular weight excluding hydrogens is 342 g/mol. The maximum Gasteiger partial charge on any atom is 0.246 e. The average molecular weight is 356 g/mol.